The Balaban J connectivity index is 1.76. The van der Waals surface area contributed by atoms with E-state index in [0.29, 0.717) is 18.0 Å². The second-order valence-electron chi connectivity index (χ2n) is 6.08. The number of nitrogens with zero attached hydrogens (tertiary/aromatic N) is 2. The molecule has 1 aromatic rings. The number of hydrogen-bond donors (Lipinski definition) is 0. The van der Waals surface area contributed by atoms with E-state index in [-0.39, 0.29) is 23.6 Å². The molecule has 3 rings (SSSR count). The molecule has 0 radical (unpaired) electrons. The van der Waals surface area contributed by atoms with Crippen LogP contribution in [-0.4, -0.2) is 46.7 Å². The van der Waals surface area contributed by atoms with E-state index in [1.807, 2.05) is 0 Å². The minimum Gasteiger partial charge on any atom is -0.342 e. The van der Waals surface area contributed by atoms with E-state index in [0.717, 1.165) is 0 Å². The van der Waals surface area contributed by atoms with Crippen molar-refractivity contribution in [3.05, 3.63) is 35.4 Å². The molecule has 2 heterocycles. The number of rotatable bonds is 2. The minimum atomic E-state index is -0.930. The lowest BCUT2D eigenvalue weighted by Gasteiger charge is -2.24. The standard InChI is InChI=1S/C16H16N2O5/c1-10(19)17-8-7-16(2,9-17)15(22)23-18-13(20)11-5-3-4-6-12(11)14(18)21/h3-6H,7-9H2,1-2H3. The van der Waals surface area contributed by atoms with Crippen molar-refractivity contribution in [2.75, 3.05) is 13.1 Å². The van der Waals surface area contributed by atoms with Gasteiger partial charge in [-0.1, -0.05) is 17.2 Å². The predicted molar refractivity (Wildman–Crippen MR) is 78.0 cm³/mol. The van der Waals surface area contributed by atoms with Crippen LogP contribution in [0.5, 0.6) is 0 Å². The number of hydroxylamine groups is 2. The lowest BCUT2D eigenvalue weighted by Crippen LogP contribution is -2.41. The van der Waals surface area contributed by atoms with E-state index in [4.69, 9.17) is 4.84 Å². The summed E-state index contributed by atoms with van der Waals surface area (Å²) in [6.45, 7) is 3.76. The smallest absolute Gasteiger partial charge is 0.340 e. The molecule has 1 unspecified atom stereocenters. The molecule has 120 valence electrons. The van der Waals surface area contributed by atoms with Crippen LogP contribution in [0.1, 0.15) is 41.0 Å². The lowest BCUT2D eigenvalue weighted by atomic mass is 9.90. The Kier molecular flexibility index (Phi) is 3.43. The van der Waals surface area contributed by atoms with Crippen molar-refractivity contribution in [2.24, 2.45) is 5.41 Å². The fourth-order valence-corrected chi connectivity index (χ4v) is 2.84. The second kappa shape index (κ2) is 5.19. The van der Waals surface area contributed by atoms with Crippen molar-refractivity contribution >= 4 is 23.7 Å². The van der Waals surface area contributed by atoms with E-state index in [9.17, 15) is 19.2 Å². The molecule has 1 fully saturated rings. The summed E-state index contributed by atoms with van der Waals surface area (Å²) in [5, 5.41) is 0.509. The van der Waals surface area contributed by atoms with Crippen molar-refractivity contribution in [3.63, 3.8) is 0 Å². The van der Waals surface area contributed by atoms with Crippen molar-refractivity contribution in [1.82, 2.24) is 9.96 Å². The molecule has 1 saturated heterocycles. The Morgan fingerprint density at radius 3 is 2.17 bits per heavy atom. The second-order valence-corrected chi connectivity index (χ2v) is 6.08. The highest BCUT2D eigenvalue weighted by Gasteiger charge is 2.46. The number of benzene rings is 1. The fourth-order valence-electron chi connectivity index (χ4n) is 2.84. The molecule has 0 spiro atoms. The highest BCUT2D eigenvalue weighted by Crippen LogP contribution is 2.33. The summed E-state index contributed by atoms with van der Waals surface area (Å²) in [4.78, 5) is 54.9. The third-order valence-corrected chi connectivity index (χ3v) is 4.34. The first-order chi connectivity index (χ1) is 10.8. The predicted octanol–water partition coefficient (Wildman–Crippen LogP) is 0.999. The van der Waals surface area contributed by atoms with Crippen LogP contribution in [0.2, 0.25) is 0 Å². The Hall–Kier alpha value is -2.70. The summed E-state index contributed by atoms with van der Waals surface area (Å²) in [6, 6.07) is 6.30. The lowest BCUT2D eigenvalue weighted by molar-refractivity contribution is -0.179. The number of imide groups is 1. The number of carbonyl (C=O) groups is 4. The van der Waals surface area contributed by atoms with E-state index < -0.39 is 23.2 Å². The van der Waals surface area contributed by atoms with Crippen molar-refractivity contribution in [1.29, 1.82) is 0 Å². The summed E-state index contributed by atoms with van der Waals surface area (Å²) >= 11 is 0. The van der Waals surface area contributed by atoms with Gasteiger partial charge in [-0.3, -0.25) is 14.4 Å². The van der Waals surface area contributed by atoms with Crippen LogP contribution in [0, 0.1) is 5.41 Å². The van der Waals surface area contributed by atoms with E-state index in [2.05, 4.69) is 0 Å². The SMILES string of the molecule is CC(=O)N1CCC(C)(C(=O)ON2C(=O)c3ccccc3C2=O)C1. The fraction of sp³-hybridized carbons (Fsp3) is 0.375. The average Bonchev–Trinajstić information content (AvgIpc) is 3.04. The largest absolute Gasteiger partial charge is 0.342 e. The van der Waals surface area contributed by atoms with Gasteiger partial charge in [0.05, 0.1) is 16.5 Å². The normalized spacial score (nSPS) is 23.2. The number of hydrogen-bond acceptors (Lipinski definition) is 5. The molecule has 7 heteroatoms. The van der Waals surface area contributed by atoms with Crippen LogP contribution in [-0.2, 0) is 14.4 Å². The van der Waals surface area contributed by atoms with Gasteiger partial charge in [0, 0.05) is 20.0 Å². The molecule has 2 aliphatic rings. The van der Waals surface area contributed by atoms with Gasteiger partial charge in [0.2, 0.25) is 5.91 Å². The summed E-state index contributed by atoms with van der Waals surface area (Å²) in [6.07, 6.45) is 0.425. The molecule has 1 atom stereocenters. The van der Waals surface area contributed by atoms with Crippen molar-refractivity contribution in [3.8, 4) is 0 Å². The van der Waals surface area contributed by atoms with Gasteiger partial charge in [-0.15, -0.1) is 0 Å². The molecule has 2 aliphatic heterocycles. The first-order valence-electron chi connectivity index (χ1n) is 7.29. The van der Waals surface area contributed by atoms with Crippen LogP contribution in [0.3, 0.4) is 0 Å². The molecule has 0 aliphatic carbocycles. The molecule has 3 amide bonds. The average molecular weight is 316 g/mol. The van der Waals surface area contributed by atoms with Crippen LogP contribution >= 0.6 is 0 Å². The number of amides is 3. The molecule has 1 aromatic carbocycles. The van der Waals surface area contributed by atoms with Crippen molar-refractivity contribution in [2.45, 2.75) is 20.3 Å². The van der Waals surface area contributed by atoms with Gasteiger partial charge in [-0.25, -0.2) is 4.79 Å². The highest BCUT2D eigenvalue weighted by atomic mass is 16.7. The number of likely N-dealkylation sites (tertiary alicyclic amines) is 1. The highest BCUT2D eigenvalue weighted by molar-refractivity contribution is 6.20. The van der Waals surface area contributed by atoms with Gasteiger partial charge >= 0.3 is 5.97 Å². The molecule has 7 nitrogen and oxygen atoms in total. The molecular weight excluding hydrogens is 300 g/mol. The van der Waals surface area contributed by atoms with E-state index in [1.54, 1.807) is 24.0 Å². The zero-order chi connectivity index (χ0) is 16.8. The first-order valence-corrected chi connectivity index (χ1v) is 7.29. The molecule has 23 heavy (non-hydrogen) atoms. The van der Waals surface area contributed by atoms with Gasteiger partial charge < -0.3 is 9.74 Å². The van der Waals surface area contributed by atoms with Gasteiger partial charge in [-0.2, -0.15) is 0 Å². The Morgan fingerprint density at radius 2 is 1.70 bits per heavy atom. The van der Waals surface area contributed by atoms with Crippen LogP contribution in [0.15, 0.2) is 24.3 Å². The van der Waals surface area contributed by atoms with Crippen LogP contribution in [0.25, 0.3) is 0 Å². The monoisotopic (exact) mass is 316 g/mol. The summed E-state index contributed by atoms with van der Waals surface area (Å²) in [7, 11) is 0. The number of carbonyl (C=O) groups excluding carboxylic acids is 4. The third kappa shape index (κ3) is 2.38. The van der Waals surface area contributed by atoms with Gasteiger partial charge in [-0.05, 0) is 25.5 Å². The van der Waals surface area contributed by atoms with E-state index >= 15 is 0 Å². The number of fused-ring (bicyclic) bond motifs is 1. The molecule has 0 bridgehead atoms. The zero-order valence-corrected chi connectivity index (χ0v) is 12.9. The summed E-state index contributed by atoms with van der Waals surface area (Å²) in [5.41, 5.74) is -0.499. The summed E-state index contributed by atoms with van der Waals surface area (Å²) < 4.78 is 0. The Morgan fingerprint density at radius 1 is 1.13 bits per heavy atom. The topological polar surface area (TPSA) is 84.0 Å². The first kappa shape index (κ1) is 15.2. The van der Waals surface area contributed by atoms with Crippen LogP contribution < -0.4 is 0 Å². The maximum Gasteiger partial charge on any atom is 0.340 e. The third-order valence-electron chi connectivity index (χ3n) is 4.34. The Labute approximate surface area is 132 Å². The Bertz CT molecular complexity index is 694. The molecular formula is C16H16N2O5. The van der Waals surface area contributed by atoms with Gasteiger partial charge in [0.25, 0.3) is 11.8 Å². The molecule has 0 saturated carbocycles. The van der Waals surface area contributed by atoms with Crippen molar-refractivity contribution < 1.29 is 24.0 Å². The maximum absolute atomic E-state index is 12.4. The van der Waals surface area contributed by atoms with E-state index in [1.165, 1.54) is 19.1 Å². The maximum atomic E-state index is 12.4. The zero-order valence-electron chi connectivity index (χ0n) is 12.9. The quantitative estimate of drug-likeness (QED) is 0.760. The summed E-state index contributed by atoms with van der Waals surface area (Å²) in [5.74, 6) is -2.11. The van der Waals surface area contributed by atoms with Gasteiger partial charge in [0.15, 0.2) is 0 Å². The molecule has 0 aromatic heterocycles. The van der Waals surface area contributed by atoms with Crippen LogP contribution in [0.4, 0.5) is 0 Å². The minimum absolute atomic E-state index is 0.123. The van der Waals surface area contributed by atoms with Gasteiger partial charge in [0.1, 0.15) is 0 Å². The molecule has 0 N–H and O–H groups in total.